The minimum atomic E-state index is -3.68. The van der Waals surface area contributed by atoms with E-state index >= 15 is 0 Å². The Labute approximate surface area is 218 Å². The molecule has 1 saturated heterocycles. The summed E-state index contributed by atoms with van der Waals surface area (Å²) in [6, 6.07) is 11.8. The summed E-state index contributed by atoms with van der Waals surface area (Å²) < 4.78 is 33.1. The van der Waals surface area contributed by atoms with Gasteiger partial charge in [0.2, 0.25) is 5.91 Å². The Morgan fingerprint density at radius 1 is 1.09 bits per heavy atom. The zero-order valence-electron chi connectivity index (χ0n) is 18.7. The maximum absolute atomic E-state index is 12.6. The molecule has 0 radical (unpaired) electrons. The van der Waals surface area contributed by atoms with E-state index in [9.17, 15) is 13.2 Å². The number of carbonyl (C=O) groups is 1. The van der Waals surface area contributed by atoms with Gasteiger partial charge < -0.3 is 14.5 Å². The van der Waals surface area contributed by atoms with Gasteiger partial charge in [-0.05, 0) is 48.9 Å². The highest BCUT2D eigenvalue weighted by Crippen LogP contribution is 2.27. The third kappa shape index (κ3) is 6.78. The van der Waals surface area contributed by atoms with Crippen molar-refractivity contribution in [2.24, 2.45) is 0 Å². The zero-order valence-corrected chi connectivity index (χ0v) is 21.8. The fourth-order valence-corrected chi connectivity index (χ4v) is 5.91. The smallest absolute Gasteiger partial charge is 0.263 e. The Balaban J connectivity index is 1.22. The van der Waals surface area contributed by atoms with Crippen molar-refractivity contribution >= 4 is 61.3 Å². The van der Waals surface area contributed by atoms with Crippen LogP contribution in [-0.2, 0) is 14.8 Å². The van der Waals surface area contributed by atoms with Crippen LogP contribution < -0.4 is 14.4 Å². The molecule has 0 bridgehead atoms. The van der Waals surface area contributed by atoms with E-state index in [1.165, 1.54) is 11.3 Å². The van der Waals surface area contributed by atoms with E-state index in [2.05, 4.69) is 14.6 Å². The molecule has 0 aliphatic carbocycles. The van der Waals surface area contributed by atoms with Gasteiger partial charge in [-0.15, -0.1) is 11.3 Å². The number of halogens is 2. The molecule has 1 aliphatic heterocycles. The number of piperazine rings is 1. The fourth-order valence-electron chi connectivity index (χ4n) is 3.65. The number of hydrogen-bond donors (Lipinski definition) is 1. The molecule has 2 heterocycles. The van der Waals surface area contributed by atoms with E-state index in [1.807, 2.05) is 4.90 Å². The largest absolute Gasteiger partial charge is 0.492 e. The molecule has 8 nitrogen and oxygen atoms in total. The molecule has 0 atom stereocenters. The molecule has 0 unspecified atom stereocenters. The van der Waals surface area contributed by atoms with Gasteiger partial charge in [-0.2, -0.15) is 0 Å². The number of sulfonamides is 1. The summed E-state index contributed by atoms with van der Waals surface area (Å²) >= 11 is 13.2. The number of benzene rings is 2. The highest BCUT2D eigenvalue weighted by atomic mass is 35.5. The number of nitrogens with one attached hydrogen (secondary N) is 1. The maximum atomic E-state index is 12.6. The van der Waals surface area contributed by atoms with E-state index in [0.29, 0.717) is 66.6 Å². The number of carbonyl (C=O) groups excluding carboxylic acids is 1. The van der Waals surface area contributed by atoms with Crippen LogP contribution in [-0.4, -0.2) is 57.0 Å². The van der Waals surface area contributed by atoms with Crippen molar-refractivity contribution < 1.29 is 17.9 Å². The van der Waals surface area contributed by atoms with Crippen LogP contribution >= 0.6 is 34.5 Å². The molecule has 4 rings (SSSR count). The molecule has 1 N–H and O–H groups in total. The lowest BCUT2D eigenvalue weighted by atomic mass is 10.2. The minimum Gasteiger partial charge on any atom is -0.492 e. The first-order chi connectivity index (χ1) is 16.8. The first-order valence-corrected chi connectivity index (χ1v) is 14.1. The average molecular weight is 556 g/mol. The predicted molar refractivity (Wildman–Crippen MR) is 139 cm³/mol. The lowest BCUT2D eigenvalue weighted by Gasteiger charge is -2.36. The number of hydrogen-bond acceptors (Lipinski definition) is 7. The Morgan fingerprint density at radius 2 is 1.83 bits per heavy atom. The number of anilines is 2. The lowest BCUT2D eigenvalue weighted by Crippen LogP contribution is -2.48. The second-order valence-corrected chi connectivity index (χ2v) is 11.3. The van der Waals surface area contributed by atoms with Crippen LogP contribution in [0.25, 0.3) is 0 Å². The molecule has 1 aromatic heterocycles. The molecule has 35 heavy (non-hydrogen) atoms. The van der Waals surface area contributed by atoms with Gasteiger partial charge in [0.15, 0.2) is 5.13 Å². The van der Waals surface area contributed by atoms with Crippen molar-refractivity contribution in [3.05, 3.63) is 64.1 Å². The Hall–Kier alpha value is -2.53. The second-order valence-electron chi connectivity index (χ2n) is 7.83. The molecular weight excluding hydrogens is 531 g/mol. The number of thiazole rings is 1. The van der Waals surface area contributed by atoms with E-state index in [4.69, 9.17) is 27.9 Å². The highest BCUT2D eigenvalue weighted by Gasteiger charge is 2.22. The van der Waals surface area contributed by atoms with Crippen LogP contribution in [0.5, 0.6) is 5.75 Å². The highest BCUT2D eigenvalue weighted by molar-refractivity contribution is 7.93. The molecule has 0 saturated carbocycles. The molecule has 0 spiro atoms. The maximum Gasteiger partial charge on any atom is 0.263 e. The number of nitrogens with zero attached hydrogens (tertiary/aromatic N) is 3. The summed E-state index contributed by atoms with van der Waals surface area (Å²) in [4.78, 5) is 20.7. The third-order valence-electron chi connectivity index (χ3n) is 5.49. The van der Waals surface area contributed by atoms with E-state index in [-0.39, 0.29) is 10.8 Å². The van der Waals surface area contributed by atoms with Crippen molar-refractivity contribution in [3.8, 4) is 5.75 Å². The van der Waals surface area contributed by atoms with Crippen LogP contribution in [0.3, 0.4) is 0 Å². The van der Waals surface area contributed by atoms with Crippen molar-refractivity contribution in [2.75, 3.05) is 42.4 Å². The average Bonchev–Trinajstić information content (AvgIpc) is 3.35. The number of ether oxygens (including phenoxy) is 1. The number of aromatic nitrogens is 1. The normalized spacial score (nSPS) is 14.1. The molecule has 1 fully saturated rings. The number of amides is 1. The monoisotopic (exact) mass is 554 g/mol. The van der Waals surface area contributed by atoms with Crippen LogP contribution in [0.2, 0.25) is 10.0 Å². The quantitative estimate of drug-likeness (QED) is 0.383. The Kier molecular flexibility index (Phi) is 8.38. The lowest BCUT2D eigenvalue weighted by molar-refractivity contribution is -0.131. The summed E-state index contributed by atoms with van der Waals surface area (Å²) in [5, 5.41) is 3.02. The SMILES string of the molecule is O=C(CCCOc1ccc(Cl)cc1Cl)N1CCN(c2ccc(S(=O)(=O)Nc3nccs3)cc2)CC1. The molecule has 3 aromatic rings. The van der Waals surface area contributed by atoms with Crippen molar-refractivity contribution in [2.45, 2.75) is 17.7 Å². The fraction of sp³-hybridized carbons (Fsp3) is 0.304. The van der Waals surface area contributed by atoms with Gasteiger partial charge in [-0.1, -0.05) is 23.2 Å². The third-order valence-corrected chi connectivity index (χ3v) is 8.19. The first-order valence-electron chi connectivity index (χ1n) is 10.9. The summed E-state index contributed by atoms with van der Waals surface area (Å²) in [7, 11) is -3.68. The topological polar surface area (TPSA) is 91.8 Å². The summed E-state index contributed by atoms with van der Waals surface area (Å²) in [5.41, 5.74) is 0.915. The summed E-state index contributed by atoms with van der Waals surface area (Å²) in [6.45, 7) is 2.95. The summed E-state index contributed by atoms with van der Waals surface area (Å²) in [5.74, 6) is 0.639. The minimum absolute atomic E-state index is 0.0881. The van der Waals surface area contributed by atoms with Crippen molar-refractivity contribution in [3.63, 3.8) is 0 Å². The molecule has 1 aliphatic rings. The Bertz CT molecular complexity index is 1250. The van der Waals surface area contributed by atoms with Crippen LogP contribution in [0.15, 0.2) is 58.9 Å². The number of rotatable bonds is 9. The summed E-state index contributed by atoms with van der Waals surface area (Å²) in [6.07, 6.45) is 2.52. The van der Waals surface area contributed by atoms with Gasteiger partial charge in [0.1, 0.15) is 5.75 Å². The zero-order chi connectivity index (χ0) is 24.8. The molecule has 186 valence electrons. The van der Waals surface area contributed by atoms with Gasteiger partial charge >= 0.3 is 0 Å². The molecule has 2 aromatic carbocycles. The molecular formula is C23H24Cl2N4O4S2. The Morgan fingerprint density at radius 3 is 2.49 bits per heavy atom. The van der Waals surface area contributed by atoms with Gasteiger partial charge in [-0.25, -0.2) is 13.4 Å². The second kappa shape index (κ2) is 11.5. The van der Waals surface area contributed by atoms with Crippen LogP contribution in [0, 0.1) is 0 Å². The van der Waals surface area contributed by atoms with Crippen molar-refractivity contribution in [1.29, 1.82) is 0 Å². The van der Waals surface area contributed by atoms with Crippen molar-refractivity contribution in [1.82, 2.24) is 9.88 Å². The first kappa shape index (κ1) is 25.6. The van der Waals surface area contributed by atoms with Gasteiger partial charge in [0.25, 0.3) is 10.0 Å². The van der Waals surface area contributed by atoms with Crippen LogP contribution in [0.1, 0.15) is 12.8 Å². The van der Waals surface area contributed by atoms with Gasteiger partial charge in [-0.3, -0.25) is 9.52 Å². The van der Waals surface area contributed by atoms with Crippen LogP contribution in [0.4, 0.5) is 10.8 Å². The standard InChI is InChI=1S/C23H24Cl2N4O4S2/c24-17-3-8-21(20(25)16-17)33-14-1-2-22(30)29-12-10-28(11-13-29)18-4-6-19(7-5-18)35(31,32)27-23-26-9-15-34-23/h3-9,15-16H,1-2,10-14H2,(H,26,27). The van der Waals surface area contributed by atoms with E-state index in [1.54, 1.807) is 54.0 Å². The van der Waals surface area contributed by atoms with Gasteiger partial charge in [0.05, 0.1) is 16.5 Å². The van der Waals surface area contributed by atoms with E-state index in [0.717, 1.165) is 5.69 Å². The van der Waals surface area contributed by atoms with Gasteiger partial charge in [0, 0.05) is 54.9 Å². The predicted octanol–water partition coefficient (Wildman–Crippen LogP) is 4.76. The molecule has 12 heteroatoms. The van der Waals surface area contributed by atoms with E-state index < -0.39 is 10.0 Å². The molecule has 1 amide bonds.